The van der Waals surface area contributed by atoms with Crippen LogP contribution in [0, 0.1) is 17.1 Å². The summed E-state index contributed by atoms with van der Waals surface area (Å²) in [6.45, 7) is 2.32. The number of likely N-dealkylation sites (tertiary alicyclic amines) is 1. The molecular weight excluding hydrogens is 387 g/mol. The van der Waals surface area contributed by atoms with E-state index in [9.17, 15) is 9.18 Å². The van der Waals surface area contributed by atoms with Crippen molar-refractivity contribution in [3.8, 4) is 17.6 Å². The number of ether oxygens (including phenoxy) is 1. The first-order chi connectivity index (χ1) is 14.5. The highest BCUT2D eigenvalue weighted by Crippen LogP contribution is 2.25. The molecule has 1 amide bonds. The van der Waals surface area contributed by atoms with E-state index in [4.69, 9.17) is 10.00 Å². The predicted molar refractivity (Wildman–Crippen MR) is 104 cm³/mol. The smallest absolute Gasteiger partial charge is 0.256 e. The van der Waals surface area contributed by atoms with E-state index in [2.05, 4.69) is 21.3 Å². The van der Waals surface area contributed by atoms with Crippen LogP contribution in [0.5, 0.6) is 5.88 Å². The van der Waals surface area contributed by atoms with Crippen LogP contribution in [0.2, 0.25) is 0 Å². The standard InChI is InChI=1S/C21H19FN6O2/c1-14-2-4-17(30-20-10-15(12-23)6-7-24-20)13-27(14)21(29)18-5-3-16(22)11-19(18)28-25-8-9-26-28/h3,5-11,14,17H,2,4,13H2,1H3. The van der Waals surface area contributed by atoms with Gasteiger partial charge in [0.1, 0.15) is 17.6 Å². The molecular formula is C21H19FN6O2. The number of carbonyl (C=O) groups excluding carboxylic acids is 1. The summed E-state index contributed by atoms with van der Waals surface area (Å²) < 4.78 is 19.8. The zero-order chi connectivity index (χ0) is 21.1. The summed E-state index contributed by atoms with van der Waals surface area (Å²) in [6, 6.07) is 9.16. The summed E-state index contributed by atoms with van der Waals surface area (Å²) in [6.07, 6.45) is 5.68. The Balaban J connectivity index is 1.57. The van der Waals surface area contributed by atoms with Gasteiger partial charge in [0.05, 0.1) is 36.1 Å². The monoisotopic (exact) mass is 406 g/mol. The molecule has 1 fully saturated rings. The minimum atomic E-state index is -0.477. The van der Waals surface area contributed by atoms with E-state index in [0.717, 1.165) is 12.8 Å². The van der Waals surface area contributed by atoms with Crippen molar-refractivity contribution < 1.29 is 13.9 Å². The molecule has 2 aromatic heterocycles. The van der Waals surface area contributed by atoms with Crippen LogP contribution in [-0.2, 0) is 0 Å². The number of amides is 1. The molecule has 1 saturated heterocycles. The lowest BCUT2D eigenvalue weighted by atomic mass is 9.99. The number of piperidine rings is 1. The molecule has 30 heavy (non-hydrogen) atoms. The number of rotatable bonds is 4. The van der Waals surface area contributed by atoms with Gasteiger partial charge in [-0.25, -0.2) is 9.37 Å². The van der Waals surface area contributed by atoms with Crippen LogP contribution in [0.3, 0.4) is 0 Å². The van der Waals surface area contributed by atoms with Gasteiger partial charge in [0.25, 0.3) is 5.91 Å². The maximum atomic E-state index is 13.8. The Labute approximate surface area is 172 Å². The molecule has 1 aliphatic rings. The summed E-state index contributed by atoms with van der Waals surface area (Å²) in [5.41, 5.74) is 1.05. The fourth-order valence-electron chi connectivity index (χ4n) is 3.51. The zero-order valence-electron chi connectivity index (χ0n) is 16.3. The van der Waals surface area contributed by atoms with Gasteiger partial charge in [-0.3, -0.25) is 4.79 Å². The van der Waals surface area contributed by atoms with Crippen molar-refractivity contribution in [2.75, 3.05) is 6.54 Å². The Morgan fingerprint density at radius 1 is 1.20 bits per heavy atom. The normalized spacial score (nSPS) is 18.6. The van der Waals surface area contributed by atoms with Gasteiger partial charge >= 0.3 is 0 Å². The fraction of sp³-hybridized carbons (Fsp3) is 0.286. The second kappa shape index (κ2) is 8.29. The highest BCUT2D eigenvalue weighted by molar-refractivity contribution is 5.98. The molecule has 0 bridgehead atoms. The van der Waals surface area contributed by atoms with Gasteiger partial charge in [0, 0.05) is 24.4 Å². The van der Waals surface area contributed by atoms with Gasteiger partial charge < -0.3 is 9.64 Å². The zero-order valence-corrected chi connectivity index (χ0v) is 16.3. The number of benzene rings is 1. The van der Waals surface area contributed by atoms with E-state index in [0.29, 0.717) is 23.6 Å². The SMILES string of the molecule is CC1CCC(Oc2cc(C#N)ccn2)CN1C(=O)c1ccc(F)cc1-n1nccn1. The van der Waals surface area contributed by atoms with Gasteiger partial charge in [-0.05, 0) is 38.0 Å². The molecule has 0 aliphatic carbocycles. The quantitative estimate of drug-likeness (QED) is 0.661. The van der Waals surface area contributed by atoms with E-state index in [1.165, 1.54) is 41.6 Å². The summed E-state index contributed by atoms with van der Waals surface area (Å²) in [4.78, 5) is 20.4. The van der Waals surface area contributed by atoms with Gasteiger partial charge in [-0.15, -0.1) is 0 Å². The van der Waals surface area contributed by atoms with Crippen molar-refractivity contribution in [1.82, 2.24) is 24.9 Å². The number of nitriles is 1. The molecule has 0 saturated carbocycles. The molecule has 4 rings (SSSR count). The van der Waals surface area contributed by atoms with Gasteiger partial charge in [0.15, 0.2) is 0 Å². The minimum absolute atomic E-state index is 0.0146. The van der Waals surface area contributed by atoms with Crippen LogP contribution in [0.15, 0.2) is 48.9 Å². The summed E-state index contributed by atoms with van der Waals surface area (Å²) in [5, 5.41) is 17.1. The van der Waals surface area contributed by atoms with Crippen molar-refractivity contribution in [2.45, 2.75) is 31.9 Å². The first-order valence-corrected chi connectivity index (χ1v) is 9.55. The lowest BCUT2D eigenvalue weighted by Gasteiger charge is -2.38. The van der Waals surface area contributed by atoms with Crippen molar-refractivity contribution in [1.29, 1.82) is 5.26 Å². The minimum Gasteiger partial charge on any atom is -0.472 e. The van der Waals surface area contributed by atoms with E-state index in [-0.39, 0.29) is 23.7 Å². The third kappa shape index (κ3) is 3.98. The van der Waals surface area contributed by atoms with Crippen LogP contribution in [0.25, 0.3) is 5.69 Å². The van der Waals surface area contributed by atoms with E-state index < -0.39 is 5.82 Å². The highest BCUT2D eigenvalue weighted by atomic mass is 19.1. The Morgan fingerprint density at radius 3 is 2.77 bits per heavy atom. The van der Waals surface area contributed by atoms with Crippen LogP contribution in [0.4, 0.5) is 4.39 Å². The van der Waals surface area contributed by atoms with Crippen molar-refractivity contribution in [3.63, 3.8) is 0 Å². The molecule has 2 atom stereocenters. The molecule has 3 aromatic rings. The maximum absolute atomic E-state index is 13.8. The number of nitrogens with zero attached hydrogens (tertiary/aromatic N) is 6. The topological polar surface area (TPSA) is 96.9 Å². The van der Waals surface area contributed by atoms with E-state index >= 15 is 0 Å². The van der Waals surface area contributed by atoms with Crippen molar-refractivity contribution >= 4 is 5.91 Å². The molecule has 1 aliphatic heterocycles. The lowest BCUT2D eigenvalue weighted by Crippen LogP contribution is -2.49. The van der Waals surface area contributed by atoms with E-state index in [1.54, 1.807) is 17.0 Å². The average molecular weight is 406 g/mol. The molecule has 0 radical (unpaired) electrons. The first-order valence-electron chi connectivity index (χ1n) is 9.55. The van der Waals surface area contributed by atoms with Crippen molar-refractivity contribution in [3.05, 3.63) is 65.9 Å². The molecule has 0 N–H and O–H groups in total. The molecule has 1 aromatic carbocycles. The Bertz CT molecular complexity index is 1100. The van der Waals surface area contributed by atoms with Gasteiger partial charge in [0.2, 0.25) is 5.88 Å². The molecule has 9 heteroatoms. The predicted octanol–water partition coefficient (Wildman–Crippen LogP) is 2.75. The van der Waals surface area contributed by atoms with Crippen LogP contribution < -0.4 is 4.74 Å². The fourth-order valence-corrected chi connectivity index (χ4v) is 3.51. The highest BCUT2D eigenvalue weighted by Gasteiger charge is 2.32. The number of halogens is 1. The molecule has 152 valence electrons. The van der Waals surface area contributed by atoms with Crippen molar-refractivity contribution in [2.24, 2.45) is 0 Å². The molecule has 2 unspecified atom stereocenters. The first kappa shape index (κ1) is 19.5. The molecule has 3 heterocycles. The Kier molecular flexibility index (Phi) is 5.39. The number of carbonyl (C=O) groups is 1. The third-order valence-electron chi connectivity index (χ3n) is 5.08. The summed E-state index contributed by atoms with van der Waals surface area (Å²) in [7, 11) is 0. The molecule has 8 nitrogen and oxygen atoms in total. The summed E-state index contributed by atoms with van der Waals surface area (Å²) in [5.74, 6) is -0.374. The molecule has 0 spiro atoms. The second-order valence-corrected chi connectivity index (χ2v) is 7.10. The number of hydrogen-bond donors (Lipinski definition) is 0. The largest absolute Gasteiger partial charge is 0.472 e. The van der Waals surface area contributed by atoms with Crippen LogP contribution in [0.1, 0.15) is 35.7 Å². The third-order valence-corrected chi connectivity index (χ3v) is 5.08. The Hall–Kier alpha value is -3.80. The van der Waals surface area contributed by atoms with E-state index in [1.807, 2.05) is 6.92 Å². The van der Waals surface area contributed by atoms with Gasteiger partial charge in [-0.1, -0.05) is 0 Å². The maximum Gasteiger partial charge on any atom is 0.256 e. The lowest BCUT2D eigenvalue weighted by molar-refractivity contribution is 0.0372. The number of hydrogen-bond acceptors (Lipinski definition) is 6. The van der Waals surface area contributed by atoms with Crippen LogP contribution >= 0.6 is 0 Å². The average Bonchev–Trinajstić information content (AvgIpc) is 3.29. The number of pyridine rings is 1. The summed E-state index contributed by atoms with van der Waals surface area (Å²) >= 11 is 0. The number of aromatic nitrogens is 4. The Morgan fingerprint density at radius 2 is 2.00 bits per heavy atom. The second-order valence-electron chi connectivity index (χ2n) is 7.10. The van der Waals surface area contributed by atoms with Crippen LogP contribution in [-0.4, -0.2) is 49.5 Å². The van der Waals surface area contributed by atoms with Gasteiger partial charge in [-0.2, -0.15) is 20.3 Å².